The molecule has 0 aliphatic heterocycles. The van der Waals surface area contributed by atoms with Crippen LogP contribution in [0.2, 0.25) is 0 Å². The molecule has 0 N–H and O–H groups in total. The van der Waals surface area contributed by atoms with Crippen molar-refractivity contribution in [3.63, 3.8) is 0 Å². The molecule has 1 heterocycles. The van der Waals surface area contributed by atoms with E-state index in [1.54, 1.807) is 11.1 Å². The Kier molecular flexibility index (Phi) is 2.91. The molecule has 4 aliphatic carbocycles. The number of hydrogen-bond acceptors (Lipinski definition) is 1. The number of fused-ring (bicyclic) bond motifs is 1. The largest absolute Gasteiger partial charge is 0.256 e. The van der Waals surface area contributed by atoms with Gasteiger partial charge in [0, 0.05) is 17.1 Å². The molecule has 0 spiro atoms. The summed E-state index contributed by atoms with van der Waals surface area (Å²) in [6, 6.07) is 18.0. The van der Waals surface area contributed by atoms with E-state index in [0.29, 0.717) is 0 Å². The highest BCUT2D eigenvalue weighted by atomic mass is 14.7. The standard InChI is InChI=1S/C24H23N/c1-2-4-19-14-25-24(13-17(19)3-1)18-5-6-22-20-8-15-7-16(9-20)11-21(10-15)23(22)12-18/h1-6,12-16,20-21H,7-11H2. The summed E-state index contributed by atoms with van der Waals surface area (Å²) in [4.78, 5) is 4.76. The topological polar surface area (TPSA) is 12.9 Å². The summed E-state index contributed by atoms with van der Waals surface area (Å²) < 4.78 is 0. The fourth-order valence-electron chi connectivity index (χ4n) is 6.06. The molecule has 124 valence electrons. The summed E-state index contributed by atoms with van der Waals surface area (Å²) in [6.45, 7) is 0. The third-order valence-corrected chi connectivity index (χ3v) is 7.03. The first-order valence-corrected chi connectivity index (χ1v) is 9.82. The molecule has 1 heteroatoms. The molecule has 0 amide bonds. The van der Waals surface area contributed by atoms with Gasteiger partial charge in [-0.1, -0.05) is 36.4 Å². The quantitative estimate of drug-likeness (QED) is 0.512. The Labute approximate surface area is 149 Å². The van der Waals surface area contributed by atoms with E-state index in [1.165, 1.54) is 48.4 Å². The summed E-state index contributed by atoms with van der Waals surface area (Å²) in [5.41, 5.74) is 5.73. The van der Waals surface area contributed by atoms with Gasteiger partial charge in [0.05, 0.1) is 5.69 Å². The lowest BCUT2D eigenvalue weighted by Gasteiger charge is -2.38. The molecule has 4 bridgehead atoms. The maximum absolute atomic E-state index is 4.76. The second kappa shape index (κ2) is 5.17. The minimum absolute atomic E-state index is 0.798. The normalized spacial score (nSPS) is 29.6. The van der Waals surface area contributed by atoms with E-state index in [9.17, 15) is 0 Å². The second-order valence-electron chi connectivity index (χ2n) is 8.56. The van der Waals surface area contributed by atoms with Gasteiger partial charge in [-0.2, -0.15) is 0 Å². The number of nitrogens with zero attached hydrogens (tertiary/aromatic N) is 1. The van der Waals surface area contributed by atoms with E-state index < -0.39 is 0 Å². The number of pyridine rings is 1. The predicted molar refractivity (Wildman–Crippen MR) is 103 cm³/mol. The number of benzene rings is 2. The average molecular weight is 325 g/mol. The van der Waals surface area contributed by atoms with Gasteiger partial charge in [-0.05, 0) is 84.4 Å². The SMILES string of the molecule is c1ccc2cc(-c3ccc4c(c3)C3CC5CC(CC4C5)C3)ncc2c1. The molecule has 1 nitrogen and oxygen atoms in total. The van der Waals surface area contributed by atoms with Crippen LogP contribution in [0.15, 0.2) is 54.7 Å². The fraction of sp³-hybridized carbons (Fsp3) is 0.375. The van der Waals surface area contributed by atoms with Gasteiger partial charge in [0.15, 0.2) is 0 Å². The van der Waals surface area contributed by atoms with Gasteiger partial charge in [-0.15, -0.1) is 0 Å². The molecule has 4 aliphatic rings. The third kappa shape index (κ3) is 2.18. The molecule has 25 heavy (non-hydrogen) atoms. The zero-order valence-electron chi connectivity index (χ0n) is 14.5. The van der Waals surface area contributed by atoms with Crippen LogP contribution in [0.4, 0.5) is 0 Å². The van der Waals surface area contributed by atoms with E-state index in [0.717, 1.165) is 29.4 Å². The maximum Gasteiger partial charge on any atom is 0.0708 e. The van der Waals surface area contributed by atoms with Gasteiger partial charge < -0.3 is 0 Å². The lowest BCUT2D eigenvalue weighted by molar-refractivity contribution is 0.166. The highest BCUT2D eigenvalue weighted by Gasteiger charge is 2.41. The van der Waals surface area contributed by atoms with Crippen molar-refractivity contribution in [3.8, 4) is 11.3 Å². The van der Waals surface area contributed by atoms with Crippen molar-refractivity contribution in [1.82, 2.24) is 4.98 Å². The van der Waals surface area contributed by atoms with Crippen LogP contribution in [-0.4, -0.2) is 4.98 Å². The zero-order valence-corrected chi connectivity index (χ0v) is 14.5. The monoisotopic (exact) mass is 325 g/mol. The van der Waals surface area contributed by atoms with Crippen molar-refractivity contribution in [2.75, 3.05) is 0 Å². The summed E-state index contributed by atoms with van der Waals surface area (Å²) in [7, 11) is 0. The maximum atomic E-state index is 4.76. The molecular weight excluding hydrogens is 302 g/mol. The molecule has 0 saturated heterocycles. The smallest absolute Gasteiger partial charge is 0.0708 e. The predicted octanol–water partition coefficient (Wildman–Crippen LogP) is 6.29. The number of aromatic nitrogens is 1. The Bertz CT molecular complexity index is 959. The first kappa shape index (κ1) is 14.1. The van der Waals surface area contributed by atoms with Crippen LogP contribution in [0, 0.1) is 11.8 Å². The molecule has 1 aromatic heterocycles. The van der Waals surface area contributed by atoms with Gasteiger partial charge in [0.1, 0.15) is 0 Å². The van der Waals surface area contributed by atoms with Crippen molar-refractivity contribution in [2.45, 2.75) is 43.9 Å². The average Bonchev–Trinajstić information content (AvgIpc) is 2.82. The van der Waals surface area contributed by atoms with Crippen molar-refractivity contribution in [3.05, 3.63) is 65.9 Å². The Hall–Kier alpha value is -2.15. The first-order valence-electron chi connectivity index (χ1n) is 9.82. The summed E-state index contributed by atoms with van der Waals surface area (Å²) >= 11 is 0. The second-order valence-corrected chi connectivity index (χ2v) is 8.56. The van der Waals surface area contributed by atoms with Crippen LogP contribution < -0.4 is 0 Å². The lowest BCUT2D eigenvalue weighted by atomic mass is 9.67. The van der Waals surface area contributed by atoms with Gasteiger partial charge >= 0.3 is 0 Å². The molecule has 2 fully saturated rings. The summed E-state index contributed by atoms with van der Waals surface area (Å²) in [6.07, 6.45) is 9.24. The van der Waals surface area contributed by atoms with Crippen LogP contribution in [-0.2, 0) is 0 Å². The van der Waals surface area contributed by atoms with Crippen molar-refractivity contribution < 1.29 is 0 Å². The molecule has 0 radical (unpaired) electrons. The Morgan fingerprint density at radius 3 is 2.20 bits per heavy atom. The highest BCUT2D eigenvalue weighted by Crippen LogP contribution is 2.56. The molecule has 2 saturated carbocycles. The third-order valence-electron chi connectivity index (χ3n) is 7.03. The van der Waals surface area contributed by atoms with E-state index in [1.807, 2.05) is 6.20 Å². The first-order chi connectivity index (χ1) is 12.3. The highest BCUT2D eigenvalue weighted by molar-refractivity contribution is 5.85. The molecule has 2 atom stereocenters. The summed E-state index contributed by atoms with van der Waals surface area (Å²) in [5.74, 6) is 3.59. The van der Waals surface area contributed by atoms with Crippen LogP contribution in [0.3, 0.4) is 0 Å². The van der Waals surface area contributed by atoms with Crippen LogP contribution >= 0.6 is 0 Å². The van der Waals surface area contributed by atoms with Crippen LogP contribution in [0.25, 0.3) is 22.0 Å². The minimum Gasteiger partial charge on any atom is -0.256 e. The Morgan fingerprint density at radius 1 is 0.680 bits per heavy atom. The Balaban J connectivity index is 1.48. The Morgan fingerprint density at radius 2 is 1.40 bits per heavy atom. The van der Waals surface area contributed by atoms with Gasteiger partial charge in [0.25, 0.3) is 0 Å². The molecular formula is C24H23N. The lowest BCUT2D eigenvalue weighted by Crippen LogP contribution is -2.25. The molecule has 2 aromatic carbocycles. The number of rotatable bonds is 1. The van der Waals surface area contributed by atoms with E-state index >= 15 is 0 Å². The molecule has 2 unspecified atom stereocenters. The van der Waals surface area contributed by atoms with Crippen molar-refractivity contribution in [1.29, 1.82) is 0 Å². The fourth-order valence-corrected chi connectivity index (χ4v) is 6.06. The van der Waals surface area contributed by atoms with Gasteiger partial charge in [-0.25, -0.2) is 0 Å². The van der Waals surface area contributed by atoms with Crippen LogP contribution in [0.1, 0.15) is 55.1 Å². The van der Waals surface area contributed by atoms with E-state index in [-0.39, 0.29) is 0 Å². The van der Waals surface area contributed by atoms with Gasteiger partial charge in [0.2, 0.25) is 0 Å². The molecule has 3 aromatic rings. The van der Waals surface area contributed by atoms with Crippen molar-refractivity contribution >= 4 is 10.8 Å². The van der Waals surface area contributed by atoms with E-state index in [4.69, 9.17) is 4.98 Å². The molecule has 7 rings (SSSR count). The van der Waals surface area contributed by atoms with Gasteiger partial charge in [-0.3, -0.25) is 4.98 Å². The minimum atomic E-state index is 0.798. The zero-order chi connectivity index (χ0) is 16.4. The van der Waals surface area contributed by atoms with E-state index in [2.05, 4.69) is 48.5 Å². The number of hydrogen-bond donors (Lipinski definition) is 0. The summed E-state index contributed by atoms with van der Waals surface area (Å²) in [5, 5.41) is 2.50. The van der Waals surface area contributed by atoms with Crippen LogP contribution in [0.5, 0.6) is 0 Å². The van der Waals surface area contributed by atoms with Crippen molar-refractivity contribution in [2.24, 2.45) is 11.8 Å².